The molecule has 1 aromatic heterocycles. The smallest absolute Gasteiger partial charge is 0.362 e. The van der Waals surface area contributed by atoms with Crippen LogP contribution in [0.15, 0.2) is 135 Å². The van der Waals surface area contributed by atoms with Crippen molar-refractivity contribution in [3.63, 3.8) is 0 Å². The lowest BCUT2D eigenvalue weighted by Gasteiger charge is -2.21. The van der Waals surface area contributed by atoms with Crippen molar-refractivity contribution >= 4 is 46.9 Å². The van der Waals surface area contributed by atoms with Crippen molar-refractivity contribution in [2.45, 2.75) is 0 Å². The van der Waals surface area contributed by atoms with E-state index in [1.54, 1.807) is 91.0 Å². The molecular weight excluding hydrogens is 653 g/mol. The van der Waals surface area contributed by atoms with Gasteiger partial charge in [0.05, 0.1) is 43.7 Å². The summed E-state index contributed by atoms with van der Waals surface area (Å²) in [5.41, 5.74) is 2.14. The number of hydrogen-bond donors (Lipinski definition) is 0. The van der Waals surface area contributed by atoms with Crippen LogP contribution >= 0.6 is 23.2 Å². The van der Waals surface area contributed by atoms with Crippen LogP contribution in [0, 0.1) is 17.6 Å². The lowest BCUT2D eigenvalue weighted by Crippen LogP contribution is -2.64. The van der Waals surface area contributed by atoms with Crippen molar-refractivity contribution in [2.75, 3.05) is 0 Å². The quantitative estimate of drug-likeness (QED) is 0.166. The predicted molar refractivity (Wildman–Crippen MR) is 186 cm³/mol. The molecule has 0 saturated heterocycles. The fourth-order valence-corrected chi connectivity index (χ4v) is 5.94. The Bertz CT molecular complexity index is 2430. The summed E-state index contributed by atoms with van der Waals surface area (Å²) in [6.45, 7) is 0. The summed E-state index contributed by atoms with van der Waals surface area (Å²) in [5, 5.41) is 0.948. The molecule has 1 aliphatic rings. The van der Waals surface area contributed by atoms with E-state index in [0.717, 1.165) is 0 Å². The van der Waals surface area contributed by atoms with Crippen LogP contribution in [0.5, 0.6) is 0 Å². The Kier molecular flexibility index (Phi) is 8.44. The Morgan fingerprint density at radius 1 is 0.625 bits per heavy atom. The van der Waals surface area contributed by atoms with Gasteiger partial charge in [-0.05, 0) is 96.6 Å². The van der Waals surface area contributed by atoms with E-state index in [1.807, 2.05) is 12.1 Å². The molecule has 1 aliphatic heterocycles. The zero-order valence-corrected chi connectivity index (χ0v) is 26.4. The first-order chi connectivity index (χ1) is 23.2. The first-order valence-corrected chi connectivity index (χ1v) is 15.6. The fourth-order valence-electron chi connectivity index (χ4n) is 5.49. The molecule has 5 aromatic carbocycles. The van der Waals surface area contributed by atoms with Crippen molar-refractivity contribution in [3.8, 4) is 22.6 Å². The molecule has 1 atom stereocenters. The molecule has 0 bridgehead atoms. The summed E-state index contributed by atoms with van der Waals surface area (Å²) in [5.74, 6) is 0.365. The van der Waals surface area contributed by atoms with Gasteiger partial charge in [0.25, 0.3) is 0 Å². The Morgan fingerprint density at radius 3 is 1.79 bits per heavy atom. The zero-order valence-electron chi connectivity index (χ0n) is 24.9. The first kappa shape index (κ1) is 31.2. The number of benzene rings is 4. The van der Waals surface area contributed by atoms with Gasteiger partial charge in [0.1, 0.15) is 23.2 Å². The molecule has 8 heteroatoms. The Balaban J connectivity index is 1.32. The average molecular weight is 677 g/mol. The molecule has 4 nitrogen and oxygen atoms in total. The van der Waals surface area contributed by atoms with Crippen molar-refractivity contribution < 1.29 is 17.9 Å². The van der Waals surface area contributed by atoms with Gasteiger partial charge in [-0.1, -0.05) is 53.5 Å². The van der Waals surface area contributed by atoms with Gasteiger partial charge in [0.15, 0.2) is 0 Å². The summed E-state index contributed by atoms with van der Waals surface area (Å²) in [6.07, 6.45) is 6.63. The second-order valence-electron chi connectivity index (χ2n) is 11.1. The van der Waals surface area contributed by atoms with Crippen LogP contribution in [0.1, 0.15) is 16.7 Å². The third kappa shape index (κ3) is 6.28. The molecule has 0 aliphatic carbocycles. The highest BCUT2D eigenvalue weighted by Crippen LogP contribution is 2.36. The van der Waals surface area contributed by atoms with Crippen LogP contribution in [0.2, 0.25) is 10.0 Å². The number of rotatable bonds is 6. The number of ether oxygens (including phenoxy) is 1. The van der Waals surface area contributed by atoms with Crippen LogP contribution in [0.3, 0.4) is 0 Å². The number of halogens is 4. The SMILES string of the molecule is O=c1c(=Cc2cc(-c3ccc(F)cc3)[o+]c(-c3ccccc3Cl)c2)c(=O)c1=CC1C=C(c2ccc(F)cc2)OC(c2ccccc2Cl)=C1. The van der Waals surface area contributed by atoms with E-state index in [4.69, 9.17) is 32.4 Å². The molecule has 234 valence electrons. The maximum atomic E-state index is 13.7. The van der Waals surface area contributed by atoms with Crippen molar-refractivity contribution in [3.05, 3.63) is 191 Å². The second kappa shape index (κ2) is 13.0. The third-order valence-corrected chi connectivity index (χ3v) is 8.57. The molecule has 0 radical (unpaired) electrons. The number of allylic oxidation sites excluding steroid dienone is 2. The predicted octanol–water partition coefficient (Wildman–Crippen LogP) is 8.41. The summed E-state index contributed by atoms with van der Waals surface area (Å²) in [6, 6.07) is 29.3. The highest BCUT2D eigenvalue weighted by molar-refractivity contribution is 6.33. The molecule has 0 saturated carbocycles. The van der Waals surface area contributed by atoms with E-state index in [2.05, 4.69) is 0 Å². The maximum absolute atomic E-state index is 13.7. The summed E-state index contributed by atoms with van der Waals surface area (Å²) >= 11 is 12.9. The summed E-state index contributed by atoms with van der Waals surface area (Å²) in [7, 11) is 0. The van der Waals surface area contributed by atoms with Gasteiger partial charge >= 0.3 is 11.5 Å². The van der Waals surface area contributed by atoms with E-state index < -0.39 is 28.4 Å². The zero-order chi connectivity index (χ0) is 33.4. The molecule has 0 N–H and O–H groups in total. The Hall–Kier alpha value is -5.43. The van der Waals surface area contributed by atoms with Crippen LogP contribution in [0.25, 0.3) is 46.3 Å². The second-order valence-corrected chi connectivity index (χ2v) is 11.9. The largest absolute Gasteiger partial charge is 0.457 e. The normalized spacial score (nSPS) is 14.2. The van der Waals surface area contributed by atoms with Gasteiger partial charge < -0.3 is 4.74 Å². The minimum absolute atomic E-state index is 0.00715. The van der Waals surface area contributed by atoms with Gasteiger partial charge in [-0.2, -0.15) is 0 Å². The minimum Gasteiger partial charge on any atom is -0.457 e. The Labute approximate surface area is 283 Å². The summed E-state index contributed by atoms with van der Waals surface area (Å²) < 4.78 is 39.7. The van der Waals surface area contributed by atoms with E-state index in [1.165, 1.54) is 30.3 Å². The lowest BCUT2D eigenvalue weighted by molar-refractivity contribution is 0.458. The number of hydrogen-bond acceptors (Lipinski definition) is 3. The molecule has 1 unspecified atom stereocenters. The monoisotopic (exact) mass is 675 g/mol. The van der Waals surface area contributed by atoms with E-state index in [0.29, 0.717) is 60.9 Å². The molecular formula is C40H23Cl2F2O4+. The van der Waals surface area contributed by atoms with Crippen LogP contribution in [-0.4, -0.2) is 0 Å². The van der Waals surface area contributed by atoms with Crippen molar-refractivity contribution in [1.82, 2.24) is 0 Å². The first-order valence-electron chi connectivity index (χ1n) is 14.9. The molecule has 7 rings (SSSR count). The van der Waals surface area contributed by atoms with Crippen LogP contribution in [-0.2, 0) is 4.74 Å². The molecule has 0 fully saturated rings. The molecule has 2 heterocycles. The molecule has 6 aromatic rings. The van der Waals surface area contributed by atoms with E-state index in [-0.39, 0.29) is 10.4 Å². The van der Waals surface area contributed by atoms with E-state index >= 15 is 0 Å². The fraction of sp³-hybridized carbons (Fsp3) is 0.0250. The standard InChI is InChI=1S/C40H23Cl2F2O4/c41-33-7-3-1-5-29(33)37-21-23(19-35(47-37)25-9-13-27(43)14-10-25)17-31-39(45)32(40(31)46)18-24-20-36(26-11-15-28(44)16-12-26)48-38(22-24)30-6-2-4-8-34(30)42/h1-23H/q+1. The van der Waals surface area contributed by atoms with Gasteiger partial charge in [0, 0.05) is 17.0 Å². The molecule has 48 heavy (non-hydrogen) atoms. The van der Waals surface area contributed by atoms with Gasteiger partial charge in [-0.3, -0.25) is 9.59 Å². The minimum atomic E-state index is -0.512. The van der Waals surface area contributed by atoms with Crippen LogP contribution in [0.4, 0.5) is 8.78 Å². The van der Waals surface area contributed by atoms with Gasteiger partial charge in [0.2, 0.25) is 10.9 Å². The average Bonchev–Trinajstić information content (AvgIpc) is 3.10. The maximum Gasteiger partial charge on any atom is 0.362 e. The van der Waals surface area contributed by atoms with Crippen molar-refractivity contribution in [2.24, 2.45) is 5.92 Å². The molecule has 0 spiro atoms. The topological polar surface area (TPSA) is 54.7 Å². The Morgan fingerprint density at radius 2 is 1.17 bits per heavy atom. The third-order valence-electron chi connectivity index (χ3n) is 7.91. The van der Waals surface area contributed by atoms with E-state index in [9.17, 15) is 18.4 Å². The lowest BCUT2D eigenvalue weighted by atomic mass is 9.97. The highest BCUT2D eigenvalue weighted by Gasteiger charge is 2.23. The van der Waals surface area contributed by atoms with Crippen molar-refractivity contribution in [1.29, 1.82) is 0 Å². The van der Waals surface area contributed by atoms with Crippen LogP contribution < -0.4 is 21.3 Å². The van der Waals surface area contributed by atoms with Gasteiger partial charge in [-0.25, -0.2) is 13.2 Å². The van der Waals surface area contributed by atoms with Gasteiger partial charge in [-0.15, -0.1) is 0 Å². The highest BCUT2D eigenvalue weighted by atomic mass is 35.5. The molecule has 0 amide bonds. The summed E-state index contributed by atoms with van der Waals surface area (Å²) in [4.78, 5) is 26.9.